The first-order chi connectivity index (χ1) is 9.65. The molecule has 2 N–H and O–H groups in total. The highest BCUT2D eigenvalue weighted by molar-refractivity contribution is 5.77. The van der Waals surface area contributed by atoms with Crippen LogP contribution in [0.15, 0.2) is 24.3 Å². The molecule has 1 aromatic rings. The van der Waals surface area contributed by atoms with E-state index in [1.165, 1.54) is 0 Å². The van der Waals surface area contributed by atoms with Gasteiger partial charge in [-0.15, -0.1) is 0 Å². The van der Waals surface area contributed by atoms with E-state index in [2.05, 4.69) is 5.32 Å². The number of aliphatic hydroxyl groups excluding tert-OH is 1. The molecular formula is C16H23NO3. The minimum Gasteiger partial charge on any atom is -0.493 e. The van der Waals surface area contributed by atoms with Crippen LogP contribution in [0.2, 0.25) is 0 Å². The van der Waals surface area contributed by atoms with Crippen molar-refractivity contribution in [2.75, 3.05) is 13.2 Å². The lowest BCUT2D eigenvalue weighted by Gasteiger charge is -2.28. The molecule has 1 aliphatic carbocycles. The Kier molecular flexibility index (Phi) is 5.01. The van der Waals surface area contributed by atoms with Crippen molar-refractivity contribution in [1.82, 2.24) is 5.32 Å². The van der Waals surface area contributed by atoms with Gasteiger partial charge in [-0.1, -0.05) is 31.0 Å². The van der Waals surface area contributed by atoms with Crippen LogP contribution in [0.1, 0.15) is 37.7 Å². The van der Waals surface area contributed by atoms with Crippen LogP contribution in [-0.2, 0) is 4.79 Å². The van der Waals surface area contributed by atoms with E-state index in [4.69, 9.17) is 4.74 Å². The van der Waals surface area contributed by atoms with Gasteiger partial charge in [0.15, 0.2) is 0 Å². The van der Waals surface area contributed by atoms with Crippen molar-refractivity contribution < 1.29 is 14.6 Å². The summed E-state index contributed by atoms with van der Waals surface area (Å²) in [6.45, 7) is 2.37. The van der Waals surface area contributed by atoms with Crippen LogP contribution in [0, 0.1) is 6.92 Å². The molecule has 0 radical (unpaired) electrons. The standard InChI is InChI=1S/C16H23NO3/c1-13-6-2-3-7-14(13)20-11-8-15(19)17-16(12-18)9-4-5-10-16/h2-3,6-7,18H,4-5,8-12H2,1H3,(H,17,19). The first kappa shape index (κ1) is 14.9. The zero-order chi connectivity index (χ0) is 14.4. The number of carbonyl (C=O) groups is 1. The maximum Gasteiger partial charge on any atom is 0.223 e. The number of aryl methyl sites for hydroxylation is 1. The molecule has 0 heterocycles. The second-order valence-electron chi connectivity index (χ2n) is 5.56. The SMILES string of the molecule is Cc1ccccc1OCCC(=O)NC1(CO)CCCC1. The molecule has 0 atom stereocenters. The van der Waals surface area contributed by atoms with Crippen LogP contribution in [0.5, 0.6) is 5.75 Å². The second-order valence-corrected chi connectivity index (χ2v) is 5.56. The summed E-state index contributed by atoms with van der Waals surface area (Å²) in [6, 6.07) is 7.76. The third kappa shape index (κ3) is 3.73. The quantitative estimate of drug-likeness (QED) is 0.838. The smallest absolute Gasteiger partial charge is 0.223 e. The molecule has 0 aliphatic heterocycles. The Labute approximate surface area is 120 Å². The van der Waals surface area contributed by atoms with E-state index in [0.29, 0.717) is 13.0 Å². The second kappa shape index (κ2) is 6.75. The monoisotopic (exact) mass is 277 g/mol. The summed E-state index contributed by atoms with van der Waals surface area (Å²) in [5.41, 5.74) is 0.676. The van der Waals surface area contributed by atoms with E-state index in [-0.39, 0.29) is 18.1 Å². The molecule has 1 saturated carbocycles. The molecule has 20 heavy (non-hydrogen) atoms. The highest BCUT2D eigenvalue weighted by Crippen LogP contribution is 2.29. The van der Waals surface area contributed by atoms with Gasteiger partial charge in [0, 0.05) is 0 Å². The lowest BCUT2D eigenvalue weighted by atomic mass is 9.99. The Morgan fingerprint density at radius 2 is 2.05 bits per heavy atom. The van der Waals surface area contributed by atoms with Gasteiger partial charge in [-0.2, -0.15) is 0 Å². The zero-order valence-electron chi connectivity index (χ0n) is 12.0. The van der Waals surface area contributed by atoms with E-state index in [1.807, 2.05) is 31.2 Å². The van der Waals surface area contributed by atoms with Gasteiger partial charge in [-0.3, -0.25) is 4.79 Å². The van der Waals surface area contributed by atoms with E-state index < -0.39 is 0 Å². The molecule has 2 rings (SSSR count). The van der Waals surface area contributed by atoms with Crippen LogP contribution in [-0.4, -0.2) is 29.8 Å². The van der Waals surface area contributed by atoms with Gasteiger partial charge < -0.3 is 15.2 Å². The molecule has 0 unspecified atom stereocenters. The van der Waals surface area contributed by atoms with Gasteiger partial charge in [0.1, 0.15) is 5.75 Å². The van der Waals surface area contributed by atoms with Crippen LogP contribution < -0.4 is 10.1 Å². The van der Waals surface area contributed by atoms with Crippen molar-refractivity contribution in [3.63, 3.8) is 0 Å². The molecule has 1 fully saturated rings. The van der Waals surface area contributed by atoms with Crippen LogP contribution in [0.4, 0.5) is 0 Å². The number of aliphatic hydroxyl groups is 1. The predicted octanol–water partition coefficient (Wildman–Crippen LogP) is 2.19. The molecule has 4 heteroatoms. The number of benzene rings is 1. The zero-order valence-corrected chi connectivity index (χ0v) is 12.0. The summed E-state index contributed by atoms with van der Waals surface area (Å²) in [4.78, 5) is 11.9. The van der Waals surface area contributed by atoms with Crippen molar-refractivity contribution in [3.05, 3.63) is 29.8 Å². The van der Waals surface area contributed by atoms with E-state index in [1.54, 1.807) is 0 Å². The van der Waals surface area contributed by atoms with Crippen LogP contribution in [0.25, 0.3) is 0 Å². The van der Waals surface area contributed by atoms with Gasteiger partial charge in [0.2, 0.25) is 5.91 Å². The van der Waals surface area contributed by atoms with Crippen molar-refractivity contribution >= 4 is 5.91 Å². The molecule has 0 aromatic heterocycles. The molecule has 1 aliphatic rings. The van der Waals surface area contributed by atoms with Gasteiger partial charge in [-0.05, 0) is 31.4 Å². The maximum atomic E-state index is 11.9. The van der Waals surface area contributed by atoms with Crippen LogP contribution >= 0.6 is 0 Å². The number of rotatable bonds is 6. The minimum absolute atomic E-state index is 0.0252. The summed E-state index contributed by atoms with van der Waals surface area (Å²) in [5, 5.41) is 12.4. The summed E-state index contributed by atoms with van der Waals surface area (Å²) < 4.78 is 5.62. The van der Waals surface area contributed by atoms with Crippen molar-refractivity contribution in [2.45, 2.75) is 44.6 Å². The summed E-state index contributed by atoms with van der Waals surface area (Å²) in [5.74, 6) is 0.771. The van der Waals surface area contributed by atoms with Gasteiger partial charge in [-0.25, -0.2) is 0 Å². The van der Waals surface area contributed by atoms with Crippen LogP contribution in [0.3, 0.4) is 0 Å². The molecule has 1 aromatic carbocycles. The van der Waals surface area contributed by atoms with Gasteiger partial charge in [0.05, 0.1) is 25.2 Å². The number of amides is 1. The average Bonchev–Trinajstić information content (AvgIpc) is 2.90. The van der Waals surface area contributed by atoms with E-state index in [9.17, 15) is 9.90 Å². The Morgan fingerprint density at radius 1 is 1.35 bits per heavy atom. The largest absolute Gasteiger partial charge is 0.493 e. The Bertz CT molecular complexity index is 453. The molecule has 110 valence electrons. The Hall–Kier alpha value is -1.55. The first-order valence-electron chi connectivity index (χ1n) is 7.25. The topological polar surface area (TPSA) is 58.6 Å². The molecule has 0 spiro atoms. The number of hydrogen-bond donors (Lipinski definition) is 2. The molecule has 0 bridgehead atoms. The average molecular weight is 277 g/mol. The van der Waals surface area contributed by atoms with Gasteiger partial charge in [0.25, 0.3) is 0 Å². The fourth-order valence-electron chi connectivity index (χ4n) is 2.70. The van der Waals surface area contributed by atoms with Gasteiger partial charge >= 0.3 is 0 Å². The molecular weight excluding hydrogens is 254 g/mol. The fraction of sp³-hybridized carbons (Fsp3) is 0.562. The number of para-hydroxylation sites is 1. The Morgan fingerprint density at radius 3 is 2.70 bits per heavy atom. The predicted molar refractivity (Wildman–Crippen MR) is 77.7 cm³/mol. The summed E-state index contributed by atoms with van der Waals surface area (Å²) in [7, 11) is 0. The molecule has 0 saturated heterocycles. The lowest BCUT2D eigenvalue weighted by molar-refractivity contribution is -0.124. The maximum absolute atomic E-state index is 11.9. The van der Waals surface area contributed by atoms with Crippen molar-refractivity contribution in [1.29, 1.82) is 0 Å². The van der Waals surface area contributed by atoms with Crippen molar-refractivity contribution in [2.24, 2.45) is 0 Å². The fourth-order valence-corrected chi connectivity index (χ4v) is 2.70. The molecule has 1 amide bonds. The summed E-state index contributed by atoms with van der Waals surface area (Å²) in [6.07, 6.45) is 4.19. The highest BCUT2D eigenvalue weighted by Gasteiger charge is 2.34. The van der Waals surface area contributed by atoms with E-state index >= 15 is 0 Å². The third-order valence-corrected chi connectivity index (χ3v) is 3.95. The number of hydrogen-bond acceptors (Lipinski definition) is 3. The Balaban J connectivity index is 1.77. The number of ether oxygens (including phenoxy) is 1. The summed E-state index contributed by atoms with van der Waals surface area (Å²) >= 11 is 0. The third-order valence-electron chi connectivity index (χ3n) is 3.95. The van der Waals surface area contributed by atoms with E-state index in [0.717, 1.165) is 37.0 Å². The minimum atomic E-state index is -0.389. The normalized spacial score (nSPS) is 16.9. The number of carbonyl (C=O) groups excluding carboxylic acids is 1. The first-order valence-corrected chi connectivity index (χ1v) is 7.25. The van der Waals surface area contributed by atoms with Crippen molar-refractivity contribution in [3.8, 4) is 5.75 Å². The lowest BCUT2D eigenvalue weighted by Crippen LogP contribution is -2.49. The highest BCUT2D eigenvalue weighted by atomic mass is 16.5. The molecule has 4 nitrogen and oxygen atoms in total. The number of nitrogens with one attached hydrogen (secondary N) is 1.